The minimum absolute atomic E-state index is 0.409. The number of hydrazine groups is 1. The van der Waals surface area contributed by atoms with Gasteiger partial charge in [0.1, 0.15) is 18.2 Å². The number of nitrogens with zero attached hydrogens (tertiary/aromatic N) is 2. The summed E-state index contributed by atoms with van der Waals surface area (Å²) < 4.78 is 5.72. The molecule has 2 rings (SSSR count). The van der Waals surface area contributed by atoms with Crippen LogP contribution in [0.3, 0.4) is 0 Å². The van der Waals surface area contributed by atoms with Crippen molar-refractivity contribution in [1.82, 2.24) is 4.98 Å². The Balaban J connectivity index is 2.03. The van der Waals surface area contributed by atoms with Gasteiger partial charge in [0, 0.05) is 25.8 Å². The molecule has 1 aromatic carbocycles. The van der Waals surface area contributed by atoms with Gasteiger partial charge in [-0.15, -0.1) is 0 Å². The third-order valence-corrected chi connectivity index (χ3v) is 2.68. The molecule has 19 heavy (non-hydrogen) atoms. The maximum absolute atomic E-state index is 5.72. The molecule has 0 saturated carbocycles. The zero-order valence-corrected chi connectivity index (χ0v) is 11.1. The standard InChI is InChI=1S/C14H18N4O/c1-18(2)12-6-4-7-13(9-12)19-10-11-5-3-8-14(16-11)17-15/h3-9H,10,15H2,1-2H3,(H,16,17). The van der Waals surface area contributed by atoms with E-state index in [0.29, 0.717) is 12.4 Å². The molecule has 0 aliphatic rings. The van der Waals surface area contributed by atoms with E-state index < -0.39 is 0 Å². The zero-order valence-electron chi connectivity index (χ0n) is 11.1. The van der Waals surface area contributed by atoms with E-state index in [4.69, 9.17) is 10.6 Å². The molecule has 0 atom stereocenters. The number of pyridine rings is 1. The molecule has 0 aliphatic heterocycles. The molecule has 3 N–H and O–H groups in total. The number of aromatic nitrogens is 1. The molecule has 0 amide bonds. The lowest BCUT2D eigenvalue weighted by molar-refractivity contribution is 0.301. The summed E-state index contributed by atoms with van der Waals surface area (Å²) in [7, 11) is 3.99. The lowest BCUT2D eigenvalue weighted by atomic mass is 10.3. The lowest BCUT2D eigenvalue weighted by Gasteiger charge is -2.14. The van der Waals surface area contributed by atoms with Crippen LogP contribution in [0.4, 0.5) is 11.5 Å². The highest BCUT2D eigenvalue weighted by Gasteiger charge is 2.01. The van der Waals surface area contributed by atoms with Crippen molar-refractivity contribution in [2.45, 2.75) is 6.61 Å². The SMILES string of the molecule is CN(C)c1cccc(OCc2cccc(NN)n2)c1. The van der Waals surface area contributed by atoms with Gasteiger partial charge in [0.2, 0.25) is 0 Å². The number of ether oxygens (including phenoxy) is 1. The van der Waals surface area contributed by atoms with Gasteiger partial charge in [-0.1, -0.05) is 12.1 Å². The Kier molecular flexibility index (Phi) is 4.20. The van der Waals surface area contributed by atoms with Crippen LogP contribution in [0.25, 0.3) is 0 Å². The van der Waals surface area contributed by atoms with Crippen LogP contribution in [-0.2, 0) is 6.61 Å². The van der Waals surface area contributed by atoms with Crippen molar-refractivity contribution in [3.63, 3.8) is 0 Å². The molecule has 1 aromatic heterocycles. The first-order valence-corrected chi connectivity index (χ1v) is 6.02. The van der Waals surface area contributed by atoms with Crippen molar-refractivity contribution >= 4 is 11.5 Å². The van der Waals surface area contributed by atoms with Crippen LogP contribution in [0.5, 0.6) is 5.75 Å². The molecule has 0 radical (unpaired) electrons. The van der Waals surface area contributed by atoms with E-state index in [0.717, 1.165) is 17.1 Å². The van der Waals surface area contributed by atoms with E-state index >= 15 is 0 Å². The van der Waals surface area contributed by atoms with Gasteiger partial charge >= 0.3 is 0 Å². The Hall–Kier alpha value is -2.27. The normalized spacial score (nSPS) is 10.1. The third kappa shape index (κ3) is 3.59. The monoisotopic (exact) mass is 258 g/mol. The van der Waals surface area contributed by atoms with Crippen LogP contribution in [0, 0.1) is 0 Å². The number of rotatable bonds is 5. The molecule has 0 fully saturated rings. The number of nitrogen functional groups attached to an aromatic ring is 1. The Labute approximate surface area is 113 Å². The molecule has 100 valence electrons. The highest BCUT2D eigenvalue weighted by molar-refractivity contribution is 5.49. The second-order valence-electron chi connectivity index (χ2n) is 4.34. The van der Waals surface area contributed by atoms with Crippen LogP contribution >= 0.6 is 0 Å². The molecular weight excluding hydrogens is 240 g/mol. The van der Waals surface area contributed by atoms with Crippen LogP contribution in [0.2, 0.25) is 0 Å². The minimum atomic E-state index is 0.409. The number of nitrogens with two attached hydrogens (primary N) is 1. The molecule has 5 heteroatoms. The first kappa shape index (κ1) is 13.2. The number of benzene rings is 1. The van der Waals surface area contributed by atoms with Gasteiger partial charge in [-0.3, -0.25) is 0 Å². The lowest BCUT2D eigenvalue weighted by Crippen LogP contribution is -2.10. The Morgan fingerprint density at radius 1 is 1.21 bits per heavy atom. The van der Waals surface area contributed by atoms with Crippen LogP contribution < -0.4 is 20.9 Å². The quantitative estimate of drug-likeness (QED) is 0.634. The van der Waals surface area contributed by atoms with E-state index in [9.17, 15) is 0 Å². The van der Waals surface area contributed by atoms with E-state index in [1.807, 2.05) is 55.4 Å². The molecule has 1 heterocycles. The summed E-state index contributed by atoms with van der Waals surface area (Å²) in [6, 6.07) is 13.5. The fourth-order valence-corrected chi connectivity index (χ4v) is 1.65. The van der Waals surface area contributed by atoms with Crippen molar-refractivity contribution in [1.29, 1.82) is 0 Å². The molecule has 0 bridgehead atoms. The number of nitrogens with one attached hydrogen (secondary N) is 1. The van der Waals surface area contributed by atoms with Gasteiger partial charge in [0.15, 0.2) is 0 Å². The summed E-state index contributed by atoms with van der Waals surface area (Å²) in [6.07, 6.45) is 0. The van der Waals surface area contributed by atoms with Crippen LogP contribution in [0.1, 0.15) is 5.69 Å². The Morgan fingerprint density at radius 3 is 2.74 bits per heavy atom. The zero-order chi connectivity index (χ0) is 13.7. The van der Waals surface area contributed by atoms with E-state index in [-0.39, 0.29) is 0 Å². The Bertz CT molecular complexity index is 542. The maximum Gasteiger partial charge on any atom is 0.140 e. The summed E-state index contributed by atoms with van der Waals surface area (Å²) in [5.74, 6) is 6.77. The highest BCUT2D eigenvalue weighted by atomic mass is 16.5. The van der Waals surface area contributed by atoms with Crippen molar-refractivity contribution in [2.75, 3.05) is 24.4 Å². The van der Waals surface area contributed by atoms with Gasteiger partial charge in [-0.05, 0) is 24.3 Å². The second kappa shape index (κ2) is 6.06. The maximum atomic E-state index is 5.72. The summed E-state index contributed by atoms with van der Waals surface area (Å²) >= 11 is 0. The molecule has 0 saturated heterocycles. The molecular formula is C14H18N4O. The number of hydrogen-bond acceptors (Lipinski definition) is 5. The average Bonchev–Trinajstić information content (AvgIpc) is 2.45. The third-order valence-electron chi connectivity index (χ3n) is 2.68. The molecule has 0 aliphatic carbocycles. The first-order valence-electron chi connectivity index (χ1n) is 6.02. The Morgan fingerprint density at radius 2 is 2.00 bits per heavy atom. The number of anilines is 2. The van der Waals surface area contributed by atoms with Gasteiger partial charge in [0.25, 0.3) is 0 Å². The molecule has 0 spiro atoms. The van der Waals surface area contributed by atoms with Crippen LogP contribution in [-0.4, -0.2) is 19.1 Å². The highest BCUT2D eigenvalue weighted by Crippen LogP contribution is 2.20. The van der Waals surface area contributed by atoms with Crippen molar-refractivity contribution < 1.29 is 4.74 Å². The fraction of sp³-hybridized carbons (Fsp3) is 0.214. The molecule has 5 nitrogen and oxygen atoms in total. The summed E-state index contributed by atoms with van der Waals surface area (Å²) in [5, 5.41) is 0. The first-order chi connectivity index (χ1) is 9.19. The van der Waals surface area contributed by atoms with Gasteiger partial charge < -0.3 is 15.1 Å². The number of hydrogen-bond donors (Lipinski definition) is 2. The summed E-state index contributed by atoms with van der Waals surface area (Å²) in [6.45, 7) is 0.409. The summed E-state index contributed by atoms with van der Waals surface area (Å²) in [4.78, 5) is 6.32. The van der Waals surface area contributed by atoms with Gasteiger partial charge in [0.05, 0.1) is 5.69 Å². The fourth-order valence-electron chi connectivity index (χ4n) is 1.65. The van der Waals surface area contributed by atoms with E-state index in [1.165, 1.54) is 0 Å². The minimum Gasteiger partial charge on any atom is -0.487 e. The average molecular weight is 258 g/mol. The van der Waals surface area contributed by atoms with Gasteiger partial charge in [-0.25, -0.2) is 10.8 Å². The van der Waals surface area contributed by atoms with E-state index in [1.54, 1.807) is 6.07 Å². The second-order valence-corrected chi connectivity index (χ2v) is 4.34. The van der Waals surface area contributed by atoms with Crippen LogP contribution in [0.15, 0.2) is 42.5 Å². The molecule has 2 aromatic rings. The van der Waals surface area contributed by atoms with Crippen molar-refractivity contribution in [3.05, 3.63) is 48.2 Å². The van der Waals surface area contributed by atoms with Crippen molar-refractivity contribution in [3.8, 4) is 5.75 Å². The topological polar surface area (TPSA) is 63.4 Å². The largest absolute Gasteiger partial charge is 0.487 e. The summed E-state index contributed by atoms with van der Waals surface area (Å²) in [5.41, 5.74) is 4.44. The molecule has 0 unspecified atom stereocenters. The predicted molar refractivity (Wildman–Crippen MR) is 77.1 cm³/mol. The van der Waals surface area contributed by atoms with E-state index in [2.05, 4.69) is 10.4 Å². The van der Waals surface area contributed by atoms with Crippen molar-refractivity contribution in [2.24, 2.45) is 5.84 Å². The predicted octanol–water partition coefficient (Wildman–Crippen LogP) is 2.01. The smallest absolute Gasteiger partial charge is 0.140 e. The van der Waals surface area contributed by atoms with Gasteiger partial charge in [-0.2, -0.15) is 0 Å².